The molecule has 0 spiro atoms. The van der Waals surface area contributed by atoms with Crippen LogP contribution in [0.5, 0.6) is 0 Å². The Labute approximate surface area is 118 Å². The molecule has 0 saturated heterocycles. The Hall–Kier alpha value is -3.10. The first kappa shape index (κ1) is 12.9. The van der Waals surface area contributed by atoms with Crippen molar-refractivity contribution >= 4 is 11.7 Å². The van der Waals surface area contributed by atoms with E-state index in [4.69, 9.17) is 0 Å². The minimum Gasteiger partial charge on any atom is -0.305 e. The van der Waals surface area contributed by atoms with Gasteiger partial charge < -0.3 is 5.32 Å². The van der Waals surface area contributed by atoms with Crippen LogP contribution in [-0.2, 0) is 11.3 Å². The quantitative estimate of drug-likeness (QED) is 0.749. The zero-order chi connectivity index (χ0) is 14.7. The summed E-state index contributed by atoms with van der Waals surface area (Å²) in [5.41, 5.74) is 1.33. The average molecular weight is 285 g/mol. The van der Waals surface area contributed by atoms with Crippen LogP contribution in [0.3, 0.4) is 0 Å². The Kier molecular flexibility index (Phi) is 3.37. The van der Waals surface area contributed by atoms with Crippen molar-refractivity contribution in [2.75, 3.05) is 5.32 Å². The van der Waals surface area contributed by atoms with Gasteiger partial charge in [-0.2, -0.15) is 4.80 Å². The highest BCUT2D eigenvalue weighted by Gasteiger charge is 2.12. The van der Waals surface area contributed by atoms with Crippen molar-refractivity contribution in [3.05, 3.63) is 36.0 Å². The van der Waals surface area contributed by atoms with Crippen LogP contribution in [0.1, 0.15) is 5.69 Å². The van der Waals surface area contributed by atoms with Gasteiger partial charge in [-0.1, -0.05) is 35.5 Å². The fourth-order valence-electron chi connectivity index (χ4n) is 1.66. The number of carbonyl (C=O) groups excluding carboxylic acids is 1. The zero-order valence-corrected chi connectivity index (χ0v) is 11.1. The van der Waals surface area contributed by atoms with Gasteiger partial charge in [0.15, 0.2) is 5.82 Å². The van der Waals surface area contributed by atoms with E-state index in [0.29, 0.717) is 11.5 Å². The Bertz CT molecular complexity index is 750. The highest BCUT2D eigenvalue weighted by atomic mass is 16.6. The van der Waals surface area contributed by atoms with E-state index in [1.165, 1.54) is 4.80 Å². The SMILES string of the molecule is Cc1nonc1NC(=O)Cn1nnc(-c2ccccc2)n1. The summed E-state index contributed by atoms with van der Waals surface area (Å²) in [6, 6.07) is 9.39. The Morgan fingerprint density at radius 3 is 2.81 bits per heavy atom. The molecule has 2 aromatic heterocycles. The molecule has 21 heavy (non-hydrogen) atoms. The van der Waals surface area contributed by atoms with Gasteiger partial charge in [0.05, 0.1) is 0 Å². The van der Waals surface area contributed by atoms with Crippen molar-refractivity contribution in [2.45, 2.75) is 13.5 Å². The van der Waals surface area contributed by atoms with Gasteiger partial charge in [-0.25, -0.2) is 4.63 Å². The number of carbonyl (C=O) groups is 1. The standard InChI is InChI=1S/C12H11N7O2/c1-8-11(17-21-16-8)13-10(20)7-19-15-12(14-18-19)9-5-3-2-4-6-9/h2-6H,7H2,1H3,(H,13,17,20). The van der Waals surface area contributed by atoms with Crippen LogP contribution < -0.4 is 5.32 Å². The van der Waals surface area contributed by atoms with Crippen molar-refractivity contribution in [3.63, 3.8) is 0 Å². The van der Waals surface area contributed by atoms with Gasteiger partial charge in [0.1, 0.15) is 12.2 Å². The van der Waals surface area contributed by atoms with Crippen molar-refractivity contribution in [2.24, 2.45) is 0 Å². The van der Waals surface area contributed by atoms with Crippen molar-refractivity contribution < 1.29 is 9.42 Å². The van der Waals surface area contributed by atoms with E-state index < -0.39 is 0 Å². The maximum atomic E-state index is 11.8. The molecule has 2 heterocycles. The topological polar surface area (TPSA) is 112 Å². The largest absolute Gasteiger partial charge is 0.305 e. The lowest BCUT2D eigenvalue weighted by Gasteiger charge is -1.99. The molecule has 0 bridgehead atoms. The molecule has 9 heteroatoms. The summed E-state index contributed by atoms with van der Waals surface area (Å²) in [5.74, 6) is 0.400. The molecule has 0 aliphatic heterocycles. The van der Waals surface area contributed by atoms with Gasteiger partial charge in [-0.3, -0.25) is 4.79 Å². The lowest BCUT2D eigenvalue weighted by Crippen LogP contribution is -2.21. The van der Waals surface area contributed by atoms with Gasteiger partial charge >= 0.3 is 0 Å². The number of anilines is 1. The number of hydrogen-bond donors (Lipinski definition) is 1. The molecule has 106 valence electrons. The lowest BCUT2D eigenvalue weighted by molar-refractivity contribution is -0.117. The molecule has 9 nitrogen and oxygen atoms in total. The average Bonchev–Trinajstić information content (AvgIpc) is 3.10. The minimum atomic E-state index is -0.342. The van der Waals surface area contributed by atoms with E-state index >= 15 is 0 Å². The number of benzene rings is 1. The summed E-state index contributed by atoms with van der Waals surface area (Å²) in [5, 5.41) is 21.6. The van der Waals surface area contributed by atoms with E-state index in [2.05, 4.69) is 35.7 Å². The van der Waals surface area contributed by atoms with E-state index in [1.54, 1.807) is 6.92 Å². The third-order valence-corrected chi connectivity index (χ3v) is 2.68. The molecule has 0 unspecified atom stereocenters. The number of amides is 1. The second kappa shape index (κ2) is 5.49. The maximum Gasteiger partial charge on any atom is 0.249 e. The number of tetrazole rings is 1. The second-order valence-corrected chi connectivity index (χ2v) is 4.26. The first-order valence-electron chi connectivity index (χ1n) is 6.14. The molecule has 3 rings (SSSR count). The lowest BCUT2D eigenvalue weighted by atomic mass is 10.2. The van der Waals surface area contributed by atoms with Crippen LogP contribution in [0.15, 0.2) is 35.0 Å². The first-order valence-corrected chi connectivity index (χ1v) is 6.14. The fourth-order valence-corrected chi connectivity index (χ4v) is 1.66. The van der Waals surface area contributed by atoms with Crippen molar-refractivity contribution in [3.8, 4) is 11.4 Å². The predicted octanol–water partition coefficient (Wildman–Crippen LogP) is 0.670. The van der Waals surface area contributed by atoms with Crippen LogP contribution in [0.25, 0.3) is 11.4 Å². The number of aromatic nitrogens is 6. The van der Waals surface area contributed by atoms with Crippen LogP contribution in [-0.4, -0.2) is 36.4 Å². The van der Waals surface area contributed by atoms with Crippen LogP contribution in [0.2, 0.25) is 0 Å². The molecule has 0 aliphatic rings. The zero-order valence-electron chi connectivity index (χ0n) is 11.1. The highest BCUT2D eigenvalue weighted by molar-refractivity contribution is 5.89. The molecule has 0 radical (unpaired) electrons. The Morgan fingerprint density at radius 2 is 2.10 bits per heavy atom. The monoisotopic (exact) mass is 285 g/mol. The van der Waals surface area contributed by atoms with Crippen molar-refractivity contribution in [1.29, 1.82) is 0 Å². The van der Waals surface area contributed by atoms with Crippen LogP contribution in [0.4, 0.5) is 5.82 Å². The number of nitrogens with one attached hydrogen (secondary N) is 1. The molecule has 0 fully saturated rings. The third kappa shape index (κ3) is 2.91. The van der Waals surface area contributed by atoms with Gasteiger partial charge in [-0.05, 0) is 17.3 Å². The van der Waals surface area contributed by atoms with Gasteiger partial charge in [-0.15, -0.1) is 10.2 Å². The second-order valence-electron chi connectivity index (χ2n) is 4.26. The van der Waals surface area contributed by atoms with E-state index in [0.717, 1.165) is 5.56 Å². The maximum absolute atomic E-state index is 11.8. The number of hydrogen-bond acceptors (Lipinski definition) is 7. The predicted molar refractivity (Wildman–Crippen MR) is 70.9 cm³/mol. The van der Waals surface area contributed by atoms with Crippen LogP contribution >= 0.6 is 0 Å². The summed E-state index contributed by atoms with van der Waals surface area (Å²) in [6.45, 7) is 1.60. The summed E-state index contributed by atoms with van der Waals surface area (Å²) in [7, 11) is 0. The van der Waals surface area contributed by atoms with Crippen LogP contribution in [0, 0.1) is 6.92 Å². The highest BCUT2D eigenvalue weighted by Crippen LogP contribution is 2.12. The smallest absolute Gasteiger partial charge is 0.249 e. The molecule has 0 aliphatic carbocycles. The molecule has 3 aromatic rings. The fraction of sp³-hybridized carbons (Fsp3) is 0.167. The summed E-state index contributed by atoms with van der Waals surface area (Å²) in [6.07, 6.45) is 0. The molecule has 1 aromatic carbocycles. The van der Waals surface area contributed by atoms with Crippen molar-refractivity contribution in [1.82, 2.24) is 30.5 Å². The first-order chi connectivity index (χ1) is 10.2. The van der Waals surface area contributed by atoms with E-state index in [9.17, 15) is 4.79 Å². The molecular weight excluding hydrogens is 274 g/mol. The molecule has 0 saturated carbocycles. The minimum absolute atomic E-state index is 0.0772. The number of aryl methyl sites for hydroxylation is 1. The number of rotatable bonds is 4. The summed E-state index contributed by atoms with van der Waals surface area (Å²) in [4.78, 5) is 13.0. The summed E-state index contributed by atoms with van der Waals surface area (Å²) < 4.78 is 4.49. The van der Waals surface area contributed by atoms with Gasteiger partial charge in [0, 0.05) is 5.56 Å². The summed E-state index contributed by atoms with van der Waals surface area (Å²) >= 11 is 0. The van der Waals surface area contributed by atoms with E-state index in [1.807, 2.05) is 30.3 Å². The Morgan fingerprint density at radius 1 is 1.29 bits per heavy atom. The third-order valence-electron chi connectivity index (χ3n) is 2.68. The normalized spacial score (nSPS) is 10.5. The number of nitrogens with zero attached hydrogens (tertiary/aromatic N) is 6. The molecular formula is C12H11N7O2. The molecule has 1 amide bonds. The van der Waals surface area contributed by atoms with Gasteiger partial charge in [0.25, 0.3) is 0 Å². The van der Waals surface area contributed by atoms with Gasteiger partial charge in [0.2, 0.25) is 11.7 Å². The van der Waals surface area contributed by atoms with E-state index in [-0.39, 0.29) is 18.3 Å². The molecule has 0 atom stereocenters. The molecule has 1 N–H and O–H groups in total. The Balaban J connectivity index is 1.67.